The average Bonchev–Trinajstić information content (AvgIpc) is 3.27. The molecule has 10 atom stereocenters. The molecule has 4 saturated carbocycles. The van der Waals surface area contributed by atoms with E-state index in [0.717, 1.165) is 0 Å². The highest BCUT2D eigenvalue weighted by Gasteiger charge is 2.44. The molecule has 17 heteroatoms. The first-order valence-corrected chi connectivity index (χ1v) is 22.2. The molecule has 4 aliphatic rings. The van der Waals surface area contributed by atoms with E-state index in [1.54, 1.807) is 13.8 Å². The van der Waals surface area contributed by atoms with Crippen LogP contribution in [0.4, 0.5) is 0 Å². The first kappa shape index (κ1) is 49.4. The third-order valence-electron chi connectivity index (χ3n) is 13.9. The van der Waals surface area contributed by atoms with E-state index < -0.39 is 106 Å². The highest BCUT2D eigenvalue weighted by atomic mass is 16.6. The molecule has 0 aromatic heterocycles. The van der Waals surface area contributed by atoms with Crippen molar-refractivity contribution in [3.8, 4) is 0 Å². The molecule has 17 nitrogen and oxygen atoms in total. The van der Waals surface area contributed by atoms with Crippen molar-refractivity contribution in [3.63, 3.8) is 0 Å². The zero-order valence-electron chi connectivity index (χ0n) is 35.7. The monoisotopic (exact) mass is 866 g/mol. The van der Waals surface area contributed by atoms with Gasteiger partial charge in [-0.05, 0) is 64.2 Å². The second kappa shape index (κ2) is 23.2. The van der Waals surface area contributed by atoms with E-state index in [-0.39, 0.29) is 52.5 Å². The van der Waals surface area contributed by atoms with E-state index in [4.69, 9.17) is 23.7 Å². The van der Waals surface area contributed by atoms with Crippen LogP contribution in [0.15, 0.2) is 0 Å². The molecule has 0 heterocycles. The zero-order valence-corrected chi connectivity index (χ0v) is 35.7. The second-order valence-electron chi connectivity index (χ2n) is 18.0. The summed E-state index contributed by atoms with van der Waals surface area (Å²) in [7, 11) is 0. The Balaban J connectivity index is 1.57. The summed E-state index contributed by atoms with van der Waals surface area (Å²) in [5.41, 5.74) is -2.43. The van der Waals surface area contributed by atoms with Gasteiger partial charge in [0.2, 0.25) is 0 Å². The number of ether oxygens (including phenoxy) is 5. The Hall–Kier alpha value is -4.28. The summed E-state index contributed by atoms with van der Waals surface area (Å²) < 4.78 is 29.6. The van der Waals surface area contributed by atoms with Crippen molar-refractivity contribution in [2.24, 2.45) is 58.2 Å². The van der Waals surface area contributed by atoms with E-state index in [2.05, 4.69) is 0 Å². The number of carbonyl (C=O) groups excluding carboxylic acids is 4. The average molecular weight is 867 g/mol. The minimum atomic E-state index is -1.22. The van der Waals surface area contributed by atoms with Crippen molar-refractivity contribution in [2.45, 2.75) is 129 Å². The third-order valence-corrected chi connectivity index (χ3v) is 13.9. The van der Waals surface area contributed by atoms with Gasteiger partial charge in [0, 0.05) is 0 Å². The van der Waals surface area contributed by atoms with Gasteiger partial charge in [-0.1, -0.05) is 65.2 Å². The van der Waals surface area contributed by atoms with Crippen LogP contribution in [-0.2, 0) is 62.0 Å². The van der Waals surface area contributed by atoms with Crippen molar-refractivity contribution in [2.75, 3.05) is 39.6 Å². The molecule has 0 radical (unpaired) electrons. The Morgan fingerprint density at radius 1 is 0.361 bits per heavy atom. The summed E-state index contributed by atoms with van der Waals surface area (Å²) in [6.45, 7) is 1.71. The molecule has 344 valence electrons. The topological polar surface area (TPSA) is 264 Å². The van der Waals surface area contributed by atoms with Gasteiger partial charge in [0.1, 0.15) is 26.4 Å². The van der Waals surface area contributed by atoms with Gasteiger partial charge in [-0.3, -0.25) is 38.4 Å². The summed E-state index contributed by atoms with van der Waals surface area (Å²) in [6.07, 6.45) is 8.30. The quantitative estimate of drug-likeness (QED) is 0.0769. The maximum absolute atomic E-state index is 13.5. The van der Waals surface area contributed by atoms with Gasteiger partial charge < -0.3 is 44.1 Å². The molecule has 0 aromatic rings. The molecule has 0 spiro atoms. The van der Waals surface area contributed by atoms with E-state index in [1.165, 1.54) is 0 Å². The number of hydrogen-bond acceptors (Lipinski definition) is 13. The Bertz CT molecular complexity index is 1350. The Kier molecular flexibility index (Phi) is 18.8. The fourth-order valence-corrected chi connectivity index (χ4v) is 9.51. The minimum absolute atomic E-state index is 0.215. The second-order valence-corrected chi connectivity index (χ2v) is 18.0. The van der Waals surface area contributed by atoms with Crippen LogP contribution in [0.2, 0.25) is 0 Å². The molecule has 2 unspecified atom stereocenters. The van der Waals surface area contributed by atoms with Crippen molar-refractivity contribution < 1.29 is 82.5 Å². The maximum atomic E-state index is 13.5. The molecular formula is C44H66O17. The zero-order chi connectivity index (χ0) is 44.7. The first-order chi connectivity index (χ1) is 29.1. The fraction of sp³-hybridized carbons (Fsp3) is 0.818. The predicted octanol–water partition coefficient (Wildman–Crippen LogP) is 5.53. The van der Waals surface area contributed by atoms with Crippen LogP contribution in [0.3, 0.4) is 0 Å². The van der Waals surface area contributed by atoms with Crippen LogP contribution in [0.1, 0.15) is 129 Å². The standard InChI is InChI=1S/C44H66O17/c1-3-43(23-58-39(53)31-17-9-5-13-27(31)35(45)46,24-59-40(54)32-18-10-6-14-28(32)36(47)48)21-57-22-44(4-2,25-60-41(55)33-19-11-7-15-29(33)37(49)50)26-61-42(56)34-20-12-8-16-30(34)38(51)52/h27-34H,3-26H2,1-2H3,(H,45,46)(H,47,48)(H,49,50)(H,51,52)/t27-,28+,29-,30+,31+,32-,33+,34-,43?,44?. The van der Waals surface area contributed by atoms with E-state index in [9.17, 15) is 58.8 Å². The number of hydrogen-bond donors (Lipinski definition) is 4. The molecule has 4 N–H and O–H groups in total. The van der Waals surface area contributed by atoms with Crippen LogP contribution in [0.25, 0.3) is 0 Å². The SMILES string of the molecule is CCC(COCC(CC)(COC(=O)[C@H]1CCCC[C@H]1C(=O)O)COC(=O)[C@@H]1CCCC[C@@H]1C(=O)O)(COC(=O)[C@H]1CCCC[C@H]1C(=O)O)COC(=O)[C@@H]1CCCC[C@@H]1C(=O)O. The number of carboxylic acid groups (broad SMARTS) is 4. The van der Waals surface area contributed by atoms with Gasteiger partial charge in [-0.2, -0.15) is 0 Å². The van der Waals surface area contributed by atoms with Crippen molar-refractivity contribution >= 4 is 47.8 Å². The van der Waals surface area contributed by atoms with Gasteiger partial charge >= 0.3 is 47.8 Å². The molecule has 0 bridgehead atoms. The molecular weight excluding hydrogens is 800 g/mol. The lowest BCUT2D eigenvalue weighted by atomic mass is 9.79. The molecule has 0 amide bonds. The number of rotatable bonds is 22. The fourth-order valence-electron chi connectivity index (χ4n) is 9.51. The normalized spacial score (nSPS) is 28.8. The molecule has 0 aliphatic heterocycles. The highest BCUT2D eigenvalue weighted by Crippen LogP contribution is 2.37. The summed E-state index contributed by atoms with van der Waals surface area (Å²) in [5, 5.41) is 39.3. The van der Waals surface area contributed by atoms with Crippen LogP contribution < -0.4 is 0 Å². The van der Waals surface area contributed by atoms with E-state index in [1.807, 2.05) is 0 Å². The largest absolute Gasteiger partial charge is 0.481 e. The molecule has 4 fully saturated rings. The molecule has 61 heavy (non-hydrogen) atoms. The predicted molar refractivity (Wildman–Crippen MR) is 212 cm³/mol. The van der Waals surface area contributed by atoms with Gasteiger partial charge in [-0.25, -0.2) is 0 Å². The summed E-state index contributed by atoms with van der Waals surface area (Å²) >= 11 is 0. The van der Waals surface area contributed by atoms with Crippen LogP contribution in [0, 0.1) is 58.2 Å². The number of esters is 4. The summed E-state index contributed by atoms with van der Waals surface area (Å²) in [6, 6.07) is 0. The molecule has 4 aliphatic carbocycles. The van der Waals surface area contributed by atoms with Gasteiger partial charge in [-0.15, -0.1) is 0 Å². The van der Waals surface area contributed by atoms with Crippen molar-refractivity contribution in [1.82, 2.24) is 0 Å². The third kappa shape index (κ3) is 13.4. The van der Waals surface area contributed by atoms with Gasteiger partial charge in [0.05, 0.1) is 71.4 Å². The lowest BCUT2D eigenvalue weighted by Crippen LogP contribution is -2.45. The van der Waals surface area contributed by atoms with Crippen LogP contribution in [0.5, 0.6) is 0 Å². The number of carbonyl (C=O) groups is 8. The summed E-state index contributed by atoms with van der Waals surface area (Å²) in [5.74, 6) is -14.4. The molecule has 0 saturated heterocycles. The summed E-state index contributed by atoms with van der Waals surface area (Å²) in [4.78, 5) is 102. The Morgan fingerprint density at radius 2 is 0.557 bits per heavy atom. The molecule has 0 aromatic carbocycles. The van der Waals surface area contributed by atoms with Crippen molar-refractivity contribution in [3.05, 3.63) is 0 Å². The van der Waals surface area contributed by atoms with E-state index in [0.29, 0.717) is 103 Å². The minimum Gasteiger partial charge on any atom is -0.481 e. The van der Waals surface area contributed by atoms with Crippen molar-refractivity contribution in [1.29, 1.82) is 0 Å². The van der Waals surface area contributed by atoms with Crippen LogP contribution in [-0.4, -0.2) is 108 Å². The highest BCUT2D eigenvalue weighted by molar-refractivity contribution is 5.83. The van der Waals surface area contributed by atoms with Gasteiger partial charge in [0.25, 0.3) is 0 Å². The van der Waals surface area contributed by atoms with Gasteiger partial charge in [0.15, 0.2) is 0 Å². The van der Waals surface area contributed by atoms with Crippen LogP contribution >= 0.6 is 0 Å². The number of aliphatic carboxylic acids is 4. The lowest BCUT2D eigenvalue weighted by Gasteiger charge is -2.37. The smallest absolute Gasteiger partial charge is 0.309 e. The maximum Gasteiger partial charge on any atom is 0.309 e. The lowest BCUT2D eigenvalue weighted by molar-refractivity contribution is -0.176. The molecule has 4 rings (SSSR count). The van der Waals surface area contributed by atoms with E-state index >= 15 is 0 Å². The Labute approximate surface area is 356 Å². The Morgan fingerprint density at radius 3 is 0.738 bits per heavy atom. The first-order valence-electron chi connectivity index (χ1n) is 22.2. The number of carboxylic acids is 4.